The molecule has 1 N–H and O–H groups in total. The van der Waals surface area contributed by atoms with Crippen LogP contribution in [0.2, 0.25) is 0 Å². The van der Waals surface area contributed by atoms with Crippen molar-refractivity contribution in [2.24, 2.45) is 5.10 Å². The quantitative estimate of drug-likeness (QED) is 0.890. The van der Waals surface area contributed by atoms with E-state index in [4.69, 9.17) is 4.74 Å². The summed E-state index contributed by atoms with van der Waals surface area (Å²) < 4.78 is 5.31. The Bertz CT molecular complexity index is 564. The third-order valence-electron chi connectivity index (χ3n) is 4.22. The fourth-order valence-electron chi connectivity index (χ4n) is 2.80. The maximum Gasteiger partial charge on any atom is 0.251 e. The Morgan fingerprint density at radius 1 is 1.22 bits per heavy atom. The third kappa shape index (κ3) is 4.30. The smallest absolute Gasteiger partial charge is 0.251 e. The predicted octanol–water partition coefficient (Wildman–Crippen LogP) is 1.33. The van der Waals surface area contributed by atoms with Crippen LogP contribution in [0.15, 0.2) is 29.4 Å². The number of benzene rings is 1. The maximum absolute atomic E-state index is 12.2. The molecule has 124 valence electrons. The molecule has 2 aliphatic heterocycles. The highest BCUT2D eigenvalue weighted by molar-refractivity contribution is 5.94. The molecule has 1 fully saturated rings. The minimum Gasteiger partial charge on any atom is -0.379 e. The lowest BCUT2D eigenvalue weighted by Gasteiger charge is -2.26. The van der Waals surface area contributed by atoms with Crippen molar-refractivity contribution in [2.45, 2.75) is 13.3 Å². The van der Waals surface area contributed by atoms with Crippen LogP contribution in [0, 0.1) is 0 Å². The van der Waals surface area contributed by atoms with E-state index in [0.29, 0.717) is 12.1 Å². The van der Waals surface area contributed by atoms with E-state index in [9.17, 15) is 4.79 Å². The fourth-order valence-corrected chi connectivity index (χ4v) is 2.80. The van der Waals surface area contributed by atoms with Crippen LogP contribution in [0.4, 0.5) is 5.69 Å². The van der Waals surface area contributed by atoms with Crippen LogP contribution in [0.25, 0.3) is 0 Å². The minimum atomic E-state index is -0.0223. The number of rotatable bonds is 5. The van der Waals surface area contributed by atoms with Gasteiger partial charge in [-0.2, -0.15) is 5.10 Å². The minimum absolute atomic E-state index is 0.0223. The molecule has 1 aromatic rings. The number of carbonyl (C=O) groups excluding carboxylic acids is 1. The van der Waals surface area contributed by atoms with Crippen molar-refractivity contribution in [1.29, 1.82) is 0 Å². The van der Waals surface area contributed by atoms with E-state index in [-0.39, 0.29) is 5.91 Å². The Balaban J connectivity index is 1.47. The third-order valence-corrected chi connectivity index (χ3v) is 4.22. The van der Waals surface area contributed by atoms with Crippen LogP contribution >= 0.6 is 0 Å². The Morgan fingerprint density at radius 3 is 2.61 bits per heavy atom. The second-order valence-electron chi connectivity index (χ2n) is 5.97. The highest BCUT2D eigenvalue weighted by Crippen LogP contribution is 2.19. The number of anilines is 1. The number of hydrazone groups is 1. The van der Waals surface area contributed by atoms with Gasteiger partial charge in [-0.15, -0.1) is 0 Å². The van der Waals surface area contributed by atoms with Crippen LogP contribution in [0.3, 0.4) is 0 Å². The van der Waals surface area contributed by atoms with Gasteiger partial charge in [0.1, 0.15) is 0 Å². The van der Waals surface area contributed by atoms with Crippen LogP contribution in [0.1, 0.15) is 23.7 Å². The Morgan fingerprint density at radius 2 is 1.96 bits per heavy atom. The van der Waals surface area contributed by atoms with Crippen molar-refractivity contribution in [3.8, 4) is 0 Å². The van der Waals surface area contributed by atoms with Crippen molar-refractivity contribution in [3.63, 3.8) is 0 Å². The Hall–Kier alpha value is -1.92. The molecule has 6 heteroatoms. The Kier molecular flexibility index (Phi) is 5.25. The largest absolute Gasteiger partial charge is 0.379 e. The van der Waals surface area contributed by atoms with E-state index >= 15 is 0 Å². The van der Waals surface area contributed by atoms with Gasteiger partial charge in [0, 0.05) is 50.4 Å². The van der Waals surface area contributed by atoms with E-state index in [1.807, 2.05) is 36.2 Å². The monoisotopic (exact) mass is 316 g/mol. The molecule has 6 nitrogen and oxygen atoms in total. The second kappa shape index (κ2) is 7.57. The first kappa shape index (κ1) is 16.0. The molecule has 0 saturated carbocycles. The summed E-state index contributed by atoms with van der Waals surface area (Å²) >= 11 is 0. The first-order valence-corrected chi connectivity index (χ1v) is 8.22. The highest BCUT2D eigenvalue weighted by atomic mass is 16.5. The van der Waals surface area contributed by atoms with Crippen LogP contribution in [0.5, 0.6) is 0 Å². The predicted molar refractivity (Wildman–Crippen MR) is 91.1 cm³/mol. The normalized spacial score (nSPS) is 18.8. The molecular weight excluding hydrogens is 292 g/mol. The zero-order chi connectivity index (χ0) is 16.1. The molecule has 0 unspecified atom stereocenters. The van der Waals surface area contributed by atoms with E-state index in [0.717, 1.165) is 57.2 Å². The van der Waals surface area contributed by atoms with Gasteiger partial charge in [0.25, 0.3) is 5.91 Å². The molecule has 0 aliphatic carbocycles. The van der Waals surface area contributed by atoms with Crippen molar-refractivity contribution in [2.75, 3.05) is 50.9 Å². The van der Waals surface area contributed by atoms with E-state index in [1.165, 1.54) is 0 Å². The molecule has 1 saturated heterocycles. The highest BCUT2D eigenvalue weighted by Gasteiger charge is 2.14. The van der Waals surface area contributed by atoms with Gasteiger partial charge in [-0.1, -0.05) is 0 Å². The zero-order valence-corrected chi connectivity index (χ0v) is 13.6. The summed E-state index contributed by atoms with van der Waals surface area (Å²) in [6, 6.07) is 7.64. The zero-order valence-electron chi connectivity index (χ0n) is 13.6. The van der Waals surface area contributed by atoms with Gasteiger partial charge in [0.2, 0.25) is 0 Å². The molecule has 0 atom stereocenters. The molecule has 0 aromatic heterocycles. The number of amides is 1. The fraction of sp³-hybridized carbons (Fsp3) is 0.529. The summed E-state index contributed by atoms with van der Waals surface area (Å²) in [6.07, 6.45) is 1.00. The van der Waals surface area contributed by atoms with Gasteiger partial charge in [-0.3, -0.25) is 14.7 Å². The number of carbonyl (C=O) groups is 1. The van der Waals surface area contributed by atoms with Crippen molar-refractivity contribution < 1.29 is 9.53 Å². The van der Waals surface area contributed by atoms with Gasteiger partial charge in [-0.25, -0.2) is 0 Å². The lowest BCUT2D eigenvalue weighted by molar-refractivity contribution is 0.0383. The molecule has 2 aliphatic rings. The van der Waals surface area contributed by atoms with Crippen LogP contribution in [-0.4, -0.2) is 62.5 Å². The van der Waals surface area contributed by atoms with Gasteiger partial charge in [0.15, 0.2) is 0 Å². The van der Waals surface area contributed by atoms with Crippen molar-refractivity contribution in [3.05, 3.63) is 29.8 Å². The topological polar surface area (TPSA) is 57.2 Å². The summed E-state index contributed by atoms with van der Waals surface area (Å²) in [6.45, 7) is 7.95. The molecular formula is C17H24N4O2. The van der Waals surface area contributed by atoms with Crippen molar-refractivity contribution >= 4 is 17.3 Å². The SMILES string of the molecule is CC1=NN(c2ccc(C(=O)NCCN3CCOCC3)cc2)CC1. The Labute approximate surface area is 137 Å². The van der Waals surface area contributed by atoms with Gasteiger partial charge in [-0.05, 0) is 31.2 Å². The van der Waals surface area contributed by atoms with Gasteiger partial charge < -0.3 is 10.1 Å². The number of hydrogen-bond acceptors (Lipinski definition) is 5. The summed E-state index contributed by atoms with van der Waals surface area (Å²) in [5, 5.41) is 9.43. The molecule has 0 spiro atoms. The van der Waals surface area contributed by atoms with Crippen LogP contribution < -0.4 is 10.3 Å². The van der Waals surface area contributed by atoms with E-state index in [2.05, 4.69) is 15.3 Å². The molecule has 3 rings (SSSR count). The van der Waals surface area contributed by atoms with Gasteiger partial charge in [0.05, 0.1) is 18.9 Å². The summed E-state index contributed by atoms with van der Waals surface area (Å²) in [5.41, 5.74) is 2.87. The first-order valence-electron chi connectivity index (χ1n) is 8.22. The number of ether oxygens (including phenoxy) is 1. The summed E-state index contributed by atoms with van der Waals surface area (Å²) in [5.74, 6) is -0.0223. The molecule has 2 heterocycles. The second-order valence-corrected chi connectivity index (χ2v) is 5.97. The number of morpholine rings is 1. The average molecular weight is 316 g/mol. The molecule has 23 heavy (non-hydrogen) atoms. The molecule has 1 amide bonds. The lowest BCUT2D eigenvalue weighted by Crippen LogP contribution is -2.41. The average Bonchev–Trinajstić information content (AvgIpc) is 3.02. The summed E-state index contributed by atoms with van der Waals surface area (Å²) in [7, 11) is 0. The standard InChI is InChI=1S/C17H24N4O2/c1-14-6-8-21(19-14)16-4-2-15(3-5-16)17(22)18-7-9-20-10-12-23-13-11-20/h2-5H,6-13H2,1H3,(H,18,22). The van der Waals surface area contributed by atoms with Gasteiger partial charge >= 0.3 is 0 Å². The lowest BCUT2D eigenvalue weighted by atomic mass is 10.2. The number of nitrogens with one attached hydrogen (secondary N) is 1. The first-order chi connectivity index (χ1) is 11.2. The van der Waals surface area contributed by atoms with E-state index in [1.54, 1.807) is 0 Å². The maximum atomic E-state index is 12.2. The molecule has 0 radical (unpaired) electrons. The van der Waals surface area contributed by atoms with E-state index < -0.39 is 0 Å². The number of hydrogen-bond donors (Lipinski definition) is 1. The summed E-state index contributed by atoms with van der Waals surface area (Å²) in [4.78, 5) is 14.5. The molecule has 1 aromatic carbocycles. The van der Waals surface area contributed by atoms with Crippen LogP contribution in [-0.2, 0) is 4.74 Å². The molecule has 0 bridgehead atoms. The number of nitrogens with zero attached hydrogens (tertiary/aromatic N) is 3. The van der Waals surface area contributed by atoms with Crippen molar-refractivity contribution in [1.82, 2.24) is 10.2 Å².